The SMILES string of the molecule is CCc1ccc(OCC2CNC(C)(C)CO2)cc1. The predicted molar refractivity (Wildman–Crippen MR) is 73.1 cm³/mol. The van der Waals surface area contributed by atoms with E-state index in [1.54, 1.807) is 0 Å². The van der Waals surface area contributed by atoms with Crippen molar-refractivity contribution < 1.29 is 9.47 Å². The van der Waals surface area contributed by atoms with Crippen LogP contribution in [0.1, 0.15) is 26.3 Å². The molecule has 0 amide bonds. The maximum absolute atomic E-state index is 5.77. The molecule has 1 unspecified atom stereocenters. The van der Waals surface area contributed by atoms with Crippen LogP contribution < -0.4 is 10.1 Å². The fourth-order valence-corrected chi connectivity index (χ4v) is 1.94. The van der Waals surface area contributed by atoms with Crippen molar-refractivity contribution in [1.29, 1.82) is 0 Å². The third-order valence-corrected chi connectivity index (χ3v) is 3.26. The van der Waals surface area contributed by atoms with E-state index in [2.05, 4.69) is 38.2 Å². The molecule has 1 N–H and O–H groups in total. The lowest BCUT2D eigenvalue weighted by Gasteiger charge is -2.35. The van der Waals surface area contributed by atoms with Gasteiger partial charge >= 0.3 is 0 Å². The van der Waals surface area contributed by atoms with Crippen LogP contribution >= 0.6 is 0 Å². The molecule has 3 nitrogen and oxygen atoms in total. The van der Waals surface area contributed by atoms with E-state index < -0.39 is 0 Å². The van der Waals surface area contributed by atoms with Gasteiger partial charge in [0, 0.05) is 12.1 Å². The summed E-state index contributed by atoms with van der Waals surface area (Å²) in [6, 6.07) is 8.27. The fourth-order valence-electron chi connectivity index (χ4n) is 1.94. The van der Waals surface area contributed by atoms with Crippen LogP contribution in [0.15, 0.2) is 24.3 Å². The van der Waals surface area contributed by atoms with Crippen molar-refractivity contribution in [3.8, 4) is 5.75 Å². The van der Waals surface area contributed by atoms with Crippen LogP contribution in [0.5, 0.6) is 5.75 Å². The fraction of sp³-hybridized carbons (Fsp3) is 0.600. The Kier molecular flexibility index (Phi) is 4.25. The lowest BCUT2D eigenvalue weighted by molar-refractivity contribution is -0.0412. The first-order valence-corrected chi connectivity index (χ1v) is 6.67. The second-order valence-corrected chi connectivity index (χ2v) is 5.51. The van der Waals surface area contributed by atoms with E-state index in [0.29, 0.717) is 6.61 Å². The molecule has 1 atom stereocenters. The van der Waals surface area contributed by atoms with E-state index in [4.69, 9.17) is 9.47 Å². The van der Waals surface area contributed by atoms with Gasteiger partial charge in [0.2, 0.25) is 0 Å². The Bertz CT molecular complexity index is 363. The van der Waals surface area contributed by atoms with E-state index >= 15 is 0 Å². The number of nitrogens with one attached hydrogen (secondary N) is 1. The summed E-state index contributed by atoms with van der Waals surface area (Å²) in [4.78, 5) is 0. The Balaban J connectivity index is 1.78. The van der Waals surface area contributed by atoms with Crippen LogP contribution in [-0.4, -0.2) is 31.4 Å². The zero-order valence-corrected chi connectivity index (χ0v) is 11.5. The molecule has 2 rings (SSSR count). The minimum atomic E-state index is 0.0826. The van der Waals surface area contributed by atoms with Gasteiger partial charge in [0.05, 0.1) is 6.61 Å². The van der Waals surface area contributed by atoms with Crippen molar-refractivity contribution in [1.82, 2.24) is 5.32 Å². The highest BCUT2D eigenvalue weighted by Gasteiger charge is 2.26. The highest BCUT2D eigenvalue weighted by Crippen LogP contribution is 2.15. The van der Waals surface area contributed by atoms with Gasteiger partial charge in [-0.1, -0.05) is 19.1 Å². The van der Waals surface area contributed by atoms with Crippen LogP contribution in [0.25, 0.3) is 0 Å². The summed E-state index contributed by atoms with van der Waals surface area (Å²) >= 11 is 0. The number of ether oxygens (including phenoxy) is 2. The van der Waals surface area contributed by atoms with E-state index in [-0.39, 0.29) is 11.6 Å². The number of hydrogen-bond acceptors (Lipinski definition) is 3. The zero-order valence-electron chi connectivity index (χ0n) is 11.5. The van der Waals surface area contributed by atoms with Gasteiger partial charge in [-0.25, -0.2) is 0 Å². The maximum atomic E-state index is 5.77. The molecular weight excluding hydrogens is 226 g/mol. The summed E-state index contributed by atoms with van der Waals surface area (Å²) in [5, 5.41) is 3.46. The Morgan fingerprint density at radius 1 is 1.33 bits per heavy atom. The van der Waals surface area contributed by atoms with Gasteiger partial charge in [0.15, 0.2) is 0 Å². The summed E-state index contributed by atoms with van der Waals surface area (Å²) < 4.78 is 11.5. The maximum Gasteiger partial charge on any atom is 0.119 e. The molecule has 1 aliphatic rings. The van der Waals surface area contributed by atoms with Crippen LogP contribution in [0, 0.1) is 0 Å². The Morgan fingerprint density at radius 3 is 2.61 bits per heavy atom. The van der Waals surface area contributed by atoms with Crippen LogP contribution in [-0.2, 0) is 11.2 Å². The van der Waals surface area contributed by atoms with Crippen LogP contribution in [0.4, 0.5) is 0 Å². The molecule has 1 fully saturated rings. The number of benzene rings is 1. The van der Waals surface area contributed by atoms with Crippen LogP contribution in [0.2, 0.25) is 0 Å². The first kappa shape index (κ1) is 13.4. The molecule has 1 aromatic rings. The normalized spacial score (nSPS) is 22.7. The summed E-state index contributed by atoms with van der Waals surface area (Å²) in [6.45, 7) is 8.63. The average Bonchev–Trinajstić information content (AvgIpc) is 2.38. The van der Waals surface area contributed by atoms with E-state index in [0.717, 1.165) is 25.3 Å². The van der Waals surface area contributed by atoms with E-state index in [1.807, 2.05) is 12.1 Å². The largest absolute Gasteiger partial charge is 0.491 e. The molecule has 18 heavy (non-hydrogen) atoms. The molecule has 0 spiro atoms. The molecule has 100 valence electrons. The highest BCUT2D eigenvalue weighted by atomic mass is 16.5. The van der Waals surface area contributed by atoms with Gasteiger partial charge in [0.1, 0.15) is 18.5 Å². The minimum absolute atomic E-state index is 0.0826. The lowest BCUT2D eigenvalue weighted by Crippen LogP contribution is -2.54. The monoisotopic (exact) mass is 249 g/mol. The van der Waals surface area contributed by atoms with Crippen LogP contribution in [0.3, 0.4) is 0 Å². The third-order valence-electron chi connectivity index (χ3n) is 3.26. The molecule has 0 radical (unpaired) electrons. The smallest absolute Gasteiger partial charge is 0.119 e. The van der Waals surface area contributed by atoms with Crippen molar-refractivity contribution in [3.05, 3.63) is 29.8 Å². The van der Waals surface area contributed by atoms with Gasteiger partial charge in [-0.15, -0.1) is 0 Å². The molecule has 3 heteroatoms. The van der Waals surface area contributed by atoms with Crippen molar-refractivity contribution in [2.75, 3.05) is 19.8 Å². The van der Waals surface area contributed by atoms with Gasteiger partial charge < -0.3 is 14.8 Å². The Morgan fingerprint density at radius 2 is 2.06 bits per heavy atom. The molecule has 1 aromatic carbocycles. The Labute approximate surface area is 109 Å². The summed E-state index contributed by atoms with van der Waals surface area (Å²) in [6.07, 6.45) is 1.20. The number of hydrogen-bond donors (Lipinski definition) is 1. The van der Waals surface area contributed by atoms with Crippen molar-refractivity contribution in [3.63, 3.8) is 0 Å². The summed E-state index contributed by atoms with van der Waals surface area (Å²) in [5.74, 6) is 0.917. The number of rotatable bonds is 4. The standard InChI is InChI=1S/C15H23NO2/c1-4-12-5-7-13(8-6-12)17-10-14-9-16-15(2,3)11-18-14/h5-8,14,16H,4,9-11H2,1-3H3. The lowest BCUT2D eigenvalue weighted by atomic mass is 10.1. The van der Waals surface area contributed by atoms with Crippen molar-refractivity contribution in [2.24, 2.45) is 0 Å². The molecule has 0 saturated carbocycles. The predicted octanol–water partition coefficient (Wildman–Crippen LogP) is 2.39. The quantitative estimate of drug-likeness (QED) is 0.889. The molecule has 1 heterocycles. The highest BCUT2D eigenvalue weighted by molar-refractivity contribution is 5.27. The van der Waals surface area contributed by atoms with Crippen molar-refractivity contribution in [2.45, 2.75) is 38.8 Å². The van der Waals surface area contributed by atoms with E-state index in [9.17, 15) is 0 Å². The molecule has 1 aliphatic heterocycles. The molecular formula is C15H23NO2. The second-order valence-electron chi connectivity index (χ2n) is 5.51. The number of morpholine rings is 1. The first-order valence-electron chi connectivity index (χ1n) is 6.67. The summed E-state index contributed by atoms with van der Waals surface area (Å²) in [7, 11) is 0. The van der Waals surface area contributed by atoms with E-state index in [1.165, 1.54) is 5.56 Å². The van der Waals surface area contributed by atoms with Gasteiger partial charge in [0.25, 0.3) is 0 Å². The van der Waals surface area contributed by atoms with Crippen molar-refractivity contribution >= 4 is 0 Å². The molecule has 0 aromatic heterocycles. The van der Waals surface area contributed by atoms with Gasteiger partial charge in [-0.05, 0) is 38.0 Å². The van der Waals surface area contributed by atoms with Gasteiger partial charge in [-0.2, -0.15) is 0 Å². The first-order chi connectivity index (χ1) is 8.59. The topological polar surface area (TPSA) is 30.5 Å². The second kappa shape index (κ2) is 5.72. The third kappa shape index (κ3) is 3.72. The Hall–Kier alpha value is -1.06. The number of aryl methyl sites for hydroxylation is 1. The molecule has 0 bridgehead atoms. The average molecular weight is 249 g/mol. The molecule has 0 aliphatic carbocycles. The summed E-state index contributed by atoms with van der Waals surface area (Å²) in [5.41, 5.74) is 1.42. The van der Waals surface area contributed by atoms with Gasteiger partial charge in [-0.3, -0.25) is 0 Å². The molecule has 1 saturated heterocycles. The minimum Gasteiger partial charge on any atom is -0.491 e. The zero-order chi connectivity index (χ0) is 13.0.